The Balaban J connectivity index is 1.37. The maximum absolute atomic E-state index is 2.43. The third-order valence-electron chi connectivity index (χ3n) is 10.3. The standard InChI is InChI=1S/C52H37N3S/c1-7-22-39(23-8-1)53(40-24-9-2-10-25-40)45-36-47(54(41-26-11-3-12-27-41)42-28-13-4-14-29-42)51-49(37-45)56-52-48(35-38-21-19-20-34-46(38)50(51)52)55(43-30-15-5-16-31-43)44-32-17-6-18-33-44/h1-37H. The lowest BCUT2D eigenvalue weighted by atomic mass is 9.99. The number of benzene rings is 9. The first-order chi connectivity index (χ1) is 27.8. The van der Waals surface area contributed by atoms with Crippen LogP contribution >= 0.6 is 11.3 Å². The molecular weight excluding hydrogens is 699 g/mol. The summed E-state index contributed by atoms with van der Waals surface area (Å²) in [5.74, 6) is 0. The molecule has 0 fully saturated rings. The molecular formula is C52H37N3S. The first-order valence-corrected chi connectivity index (χ1v) is 19.8. The minimum Gasteiger partial charge on any atom is -0.310 e. The van der Waals surface area contributed by atoms with E-state index < -0.39 is 0 Å². The molecule has 3 nitrogen and oxygen atoms in total. The molecule has 0 saturated heterocycles. The fraction of sp³-hybridized carbons (Fsp3) is 0. The average Bonchev–Trinajstić information content (AvgIpc) is 3.67. The highest BCUT2D eigenvalue weighted by Gasteiger charge is 2.26. The Bertz CT molecular complexity index is 2780. The number of hydrogen-bond acceptors (Lipinski definition) is 4. The van der Waals surface area contributed by atoms with Crippen molar-refractivity contribution in [2.75, 3.05) is 14.7 Å². The predicted octanol–water partition coefficient (Wildman–Crippen LogP) is 15.6. The predicted molar refractivity (Wildman–Crippen MR) is 241 cm³/mol. The molecule has 56 heavy (non-hydrogen) atoms. The van der Waals surface area contributed by atoms with Crippen molar-refractivity contribution in [1.29, 1.82) is 0 Å². The lowest BCUT2D eigenvalue weighted by molar-refractivity contribution is 1.26. The Morgan fingerprint density at radius 3 is 1.11 bits per heavy atom. The Hall–Kier alpha value is -7.14. The summed E-state index contributed by atoms with van der Waals surface area (Å²) in [4.78, 5) is 7.22. The SMILES string of the molecule is c1ccc(N(c2ccccc2)c2cc(N(c3ccccc3)c3ccccc3)c3c(c2)sc2c(N(c4ccccc4)c4ccccc4)cc4ccccc4c23)cc1. The van der Waals surface area contributed by atoms with Crippen LogP contribution in [-0.2, 0) is 0 Å². The van der Waals surface area contributed by atoms with E-state index in [9.17, 15) is 0 Å². The molecule has 0 aliphatic carbocycles. The van der Waals surface area contributed by atoms with E-state index in [4.69, 9.17) is 0 Å². The summed E-state index contributed by atoms with van der Waals surface area (Å²) in [6.45, 7) is 0. The zero-order chi connectivity index (χ0) is 37.3. The second-order valence-electron chi connectivity index (χ2n) is 13.8. The molecule has 0 radical (unpaired) electrons. The van der Waals surface area contributed by atoms with Crippen LogP contribution in [0.25, 0.3) is 30.9 Å². The van der Waals surface area contributed by atoms with E-state index in [-0.39, 0.29) is 0 Å². The lowest BCUT2D eigenvalue weighted by Crippen LogP contribution is -2.13. The van der Waals surface area contributed by atoms with Gasteiger partial charge in [-0.1, -0.05) is 133 Å². The van der Waals surface area contributed by atoms with Crippen LogP contribution in [0.5, 0.6) is 0 Å². The molecule has 0 bridgehead atoms. The van der Waals surface area contributed by atoms with E-state index in [1.807, 2.05) is 11.3 Å². The summed E-state index contributed by atoms with van der Waals surface area (Å²) in [6, 6.07) is 80.4. The quantitative estimate of drug-likeness (QED) is 0.146. The van der Waals surface area contributed by atoms with E-state index in [0.717, 1.165) is 51.2 Å². The summed E-state index contributed by atoms with van der Waals surface area (Å²) < 4.78 is 2.44. The van der Waals surface area contributed by atoms with Gasteiger partial charge < -0.3 is 14.7 Å². The number of fused-ring (bicyclic) bond motifs is 5. The summed E-state index contributed by atoms with van der Waals surface area (Å²) in [5, 5.41) is 4.90. The van der Waals surface area contributed by atoms with Crippen LogP contribution in [0.15, 0.2) is 224 Å². The molecule has 10 aromatic rings. The lowest BCUT2D eigenvalue weighted by Gasteiger charge is -2.30. The van der Waals surface area contributed by atoms with Crippen LogP contribution in [0.4, 0.5) is 51.2 Å². The Morgan fingerprint density at radius 2 is 0.661 bits per heavy atom. The van der Waals surface area contributed by atoms with Crippen molar-refractivity contribution in [2.24, 2.45) is 0 Å². The van der Waals surface area contributed by atoms with Crippen LogP contribution in [0.3, 0.4) is 0 Å². The minimum atomic E-state index is 1.09. The topological polar surface area (TPSA) is 9.72 Å². The molecule has 0 amide bonds. The highest BCUT2D eigenvalue weighted by molar-refractivity contribution is 7.26. The van der Waals surface area contributed by atoms with Crippen LogP contribution in [-0.4, -0.2) is 0 Å². The number of thiophene rings is 1. The molecule has 0 aliphatic rings. The van der Waals surface area contributed by atoms with Crippen molar-refractivity contribution in [1.82, 2.24) is 0 Å². The summed E-state index contributed by atoms with van der Waals surface area (Å²) in [5.41, 5.74) is 9.97. The highest BCUT2D eigenvalue weighted by atomic mass is 32.1. The molecule has 4 heteroatoms. The molecule has 9 aromatic carbocycles. The van der Waals surface area contributed by atoms with Crippen molar-refractivity contribution < 1.29 is 0 Å². The molecule has 0 atom stereocenters. The van der Waals surface area contributed by atoms with Gasteiger partial charge in [-0.05, 0) is 102 Å². The molecule has 0 spiro atoms. The van der Waals surface area contributed by atoms with E-state index >= 15 is 0 Å². The van der Waals surface area contributed by atoms with Gasteiger partial charge in [0.2, 0.25) is 0 Å². The van der Waals surface area contributed by atoms with Gasteiger partial charge in [-0.25, -0.2) is 0 Å². The van der Waals surface area contributed by atoms with E-state index in [1.54, 1.807) is 0 Å². The largest absolute Gasteiger partial charge is 0.310 e. The maximum Gasteiger partial charge on any atom is 0.0646 e. The summed E-state index contributed by atoms with van der Waals surface area (Å²) in [7, 11) is 0. The van der Waals surface area contributed by atoms with Gasteiger partial charge in [-0.2, -0.15) is 0 Å². The van der Waals surface area contributed by atoms with E-state index in [2.05, 4.69) is 239 Å². The van der Waals surface area contributed by atoms with Gasteiger partial charge >= 0.3 is 0 Å². The number of nitrogens with zero attached hydrogens (tertiary/aromatic N) is 3. The van der Waals surface area contributed by atoms with Crippen molar-refractivity contribution >= 4 is 93.5 Å². The van der Waals surface area contributed by atoms with Gasteiger partial charge in [-0.3, -0.25) is 0 Å². The average molecular weight is 736 g/mol. The molecule has 266 valence electrons. The molecule has 1 aromatic heterocycles. The summed E-state index contributed by atoms with van der Waals surface area (Å²) >= 11 is 1.87. The van der Waals surface area contributed by atoms with Gasteiger partial charge in [0.25, 0.3) is 0 Å². The second kappa shape index (κ2) is 14.6. The fourth-order valence-electron chi connectivity index (χ4n) is 7.93. The van der Waals surface area contributed by atoms with Crippen LogP contribution in [0.2, 0.25) is 0 Å². The minimum absolute atomic E-state index is 1.09. The van der Waals surface area contributed by atoms with Crippen LogP contribution in [0.1, 0.15) is 0 Å². The molecule has 0 aliphatic heterocycles. The van der Waals surface area contributed by atoms with Crippen LogP contribution < -0.4 is 14.7 Å². The Kier molecular flexibility index (Phi) is 8.71. The first kappa shape index (κ1) is 33.4. The fourth-order valence-corrected chi connectivity index (χ4v) is 9.21. The number of hydrogen-bond donors (Lipinski definition) is 0. The van der Waals surface area contributed by atoms with Crippen LogP contribution in [0, 0.1) is 0 Å². The smallest absolute Gasteiger partial charge is 0.0646 e. The highest BCUT2D eigenvalue weighted by Crippen LogP contribution is 2.53. The first-order valence-electron chi connectivity index (χ1n) is 18.9. The molecule has 10 rings (SSSR count). The Labute approximate surface area is 331 Å². The number of anilines is 9. The van der Waals surface area contributed by atoms with Gasteiger partial charge in [0.15, 0.2) is 0 Å². The maximum atomic E-state index is 2.43. The van der Waals surface area contributed by atoms with Gasteiger partial charge in [-0.15, -0.1) is 11.3 Å². The van der Waals surface area contributed by atoms with Crippen molar-refractivity contribution in [3.8, 4) is 0 Å². The zero-order valence-corrected chi connectivity index (χ0v) is 31.4. The van der Waals surface area contributed by atoms with Crippen molar-refractivity contribution in [2.45, 2.75) is 0 Å². The van der Waals surface area contributed by atoms with E-state index in [0.29, 0.717) is 0 Å². The monoisotopic (exact) mass is 735 g/mol. The van der Waals surface area contributed by atoms with Gasteiger partial charge in [0, 0.05) is 55.3 Å². The molecule has 0 saturated carbocycles. The van der Waals surface area contributed by atoms with E-state index in [1.165, 1.54) is 30.9 Å². The van der Waals surface area contributed by atoms with Crippen molar-refractivity contribution in [3.05, 3.63) is 224 Å². The second-order valence-corrected chi connectivity index (χ2v) is 14.8. The normalized spacial score (nSPS) is 11.2. The Morgan fingerprint density at radius 1 is 0.286 bits per heavy atom. The van der Waals surface area contributed by atoms with Crippen molar-refractivity contribution in [3.63, 3.8) is 0 Å². The number of rotatable bonds is 9. The number of para-hydroxylation sites is 6. The third-order valence-corrected chi connectivity index (χ3v) is 11.5. The molecule has 0 N–H and O–H groups in total. The third kappa shape index (κ3) is 6.03. The summed E-state index contributed by atoms with van der Waals surface area (Å²) in [6.07, 6.45) is 0. The van der Waals surface area contributed by atoms with Gasteiger partial charge in [0.1, 0.15) is 0 Å². The van der Waals surface area contributed by atoms with Gasteiger partial charge in [0.05, 0.1) is 16.1 Å². The zero-order valence-electron chi connectivity index (χ0n) is 30.6. The molecule has 0 unspecified atom stereocenters. The molecule has 1 heterocycles.